The topological polar surface area (TPSA) is 68.0 Å². The second-order valence-electron chi connectivity index (χ2n) is 6.63. The van der Waals surface area contributed by atoms with Crippen molar-refractivity contribution in [1.82, 2.24) is 4.90 Å². The second kappa shape index (κ2) is 6.07. The van der Waals surface area contributed by atoms with Crippen molar-refractivity contribution in [2.75, 3.05) is 39.6 Å². The van der Waals surface area contributed by atoms with Gasteiger partial charge in [-0.3, -0.25) is 4.90 Å². The van der Waals surface area contributed by atoms with Crippen LogP contribution in [0.1, 0.15) is 31.1 Å². The van der Waals surface area contributed by atoms with Gasteiger partial charge < -0.3 is 20.3 Å². The molecular formula is C17H26N2O3. The van der Waals surface area contributed by atoms with Crippen LogP contribution in [-0.4, -0.2) is 43.9 Å². The van der Waals surface area contributed by atoms with Gasteiger partial charge in [-0.2, -0.15) is 0 Å². The molecule has 3 rings (SSSR count). The van der Waals surface area contributed by atoms with E-state index in [1.165, 1.54) is 6.42 Å². The van der Waals surface area contributed by atoms with E-state index in [0.717, 1.165) is 38.1 Å². The average Bonchev–Trinajstić information content (AvgIpc) is 3.20. The van der Waals surface area contributed by atoms with Gasteiger partial charge in [0.2, 0.25) is 0 Å². The summed E-state index contributed by atoms with van der Waals surface area (Å²) in [7, 11) is 3.37. The molecule has 0 bridgehead atoms. The van der Waals surface area contributed by atoms with Crippen LogP contribution < -0.4 is 10.5 Å². The Morgan fingerprint density at radius 2 is 2.09 bits per heavy atom. The summed E-state index contributed by atoms with van der Waals surface area (Å²) in [6, 6.07) is 5.49. The molecule has 1 saturated carbocycles. The van der Waals surface area contributed by atoms with E-state index < -0.39 is 6.23 Å². The van der Waals surface area contributed by atoms with Gasteiger partial charge >= 0.3 is 0 Å². The number of rotatable bonds is 5. The molecule has 2 unspecified atom stereocenters. The molecule has 2 atom stereocenters. The fourth-order valence-corrected chi connectivity index (χ4v) is 3.79. The molecule has 1 aromatic carbocycles. The molecule has 0 aromatic heterocycles. The summed E-state index contributed by atoms with van der Waals surface area (Å²) in [5, 5.41) is 10.6. The lowest BCUT2D eigenvalue weighted by molar-refractivity contribution is -0.0251. The molecule has 1 aliphatic carbocycles. The largest absolute Gasteiger partial charge is 0.495 e. The van der Waals surface area contributed by atoms with Crippen LogP contribution in [0.25, 0.3) is 0 Å². The molecule has 1 saturated heterocycles. The zero-order valence-electron chi connectivity index (χ0n) is 13.4. The summed E-state index contributed by atoms with van der Waals surface area (Å²) in [6.07, 6.45) is 2.97. The number of ether oxygens (including phenoxy) is 2. The van der Waals surface area contributed by atoms with Crippen LogP contribution in [0.4, 0.5) is 5.69 Å². The average molecular weight is 306 g/mol. The highest BCUT2D eigenvalue weighted by molar-refractivity contribution is 5.54. The van der Waals surface area contributed by atoms with E-state index in [2.05, 4.69) is 4.90 Å². The minimum absolute atomic E-state index is 0.477. The Morgan fingerprint density at radius 3 is 2.73 bits per heavy atom. The number of aliphatic hydroxyl groups is 1. The molecule has 3 N–H and O–H groups in total. The molecule has 2 aliphatic rings. The monoisotopic (exact) mass is 306 g/mol. The summed E-state index contributed by atoms with van der Waals surface area (Å²) < 4.78 is 10.5. The lowest BCUT2D eigenvalue weighted by Crippen LogP contribution is -2.38. The molecule has 0 radical (unpaired) electrons. The van der Waals surface area contributed by atoms with Crippen LogP contribution in [0.3, 0.4) is 0 Å². The van der Waals surface area contributed by atoms with Crippen molar-refractivity contribution in [2.24, 2.45) is 11.3 Å². The van der Waals surface area contributed by atoms with Gasteiger partial charge in [-0.15, -0.1) is 0 Å². The van der Waals surface area contributed by atoms with E-state index in [0.29, 0.717) is 22.8 Å². The fourth-order valence-electron chi connectivity index (χ4n) is 3.79. The Bertz CT molecular complexity index is 527. The first-order valence-electron chi connectivity index (χ1n) is 7.94. The third kappa shape index (κ3) is 2.81. The molecule has 1 aromatic rings. The first-order valence-corrected chi connectivity index (χ1v) is 7.94. The van der Waals surface area contributed by atoms with Crippen molar-refractivity contribution in [1.29, 1.82) is 0 Å². The maximum Gasteiger partial charge on any atom is 0.142 e. The zero-order valence-corrected chi connectivity index (χ0v) is 13.4. The minimum Gasteiger partial charge on any atom is -0.495 e. The van der Waals surface area contributed by atoms with Crippen molar-refractivity contribution < 1.29 is 14.6 Å². The second-order valence-corrected chi connectivity index (χ2v) is 6.63. The number of nitrogen functional groups attached to an aromatic ring is 1. The standard InChI is InChI=1S/C17H26N2O3/c1-21-11-13-10-17(13)5-7-19(8-6-17)16(20)12-3-4-14(18)15(9-12)22-2/h3-4,9,13,16,20H,5-8,10-11,18H2,1-2H3. The smallest absolute Gasteiger partial charge is 0.142 e. The van der Waals surface area contributed by atoms with Crippen molar-refractivity contribution in [3.05, 3.63) is 23.8 Å². The highest BCUT2D eigenvalue weighted by Gasteiger charge is 2.54. The predicted molar refractivity (Wildman–Crippen MR) is 85.6 cm³/mol. The van der Waals surface area contributed by atoms with E-state index in [-0.39, 0.29) is 0 Å². The van der Waals surface area contributed by atoms with Crippen molar-refractivity contribution >= 4 is 5.69 Å². The fraction of sp³-hybridized carbons (Fsp3) is 0.647. The molecule has 2 fully saturated rings. The van der Waals surface area contributed by atoms with Gasteiger partial charge in [0.1, 0.15) is 12.0 Å². The van der Waals surface area contributed by atoms with E-state index in [4.69, 9.17) is 15.2 Å². The quantitative estimate of drug-likeness (QED) is 0.815. The summed E-state index contributed by atoms with van der Waals surface area (Å²) in [5.41, 5.74) is 7.74. The van der Waals surface area contributed by atoms with Crippen LogP contribution in [0, 0.1) is 11.3 Å². The molecular weight excluding hydrogens is 280 g/mol. The number of hydrogen-bond donors (Lipinski definition) is 2. The molecule has 22 heavy (non-hydrogen) atoms. The molecule has 1 spiro atoms. The van der Waals surface area contributed by atoms with Crippen LogP contribution in [0.15, 0.2) is 18.2 Å². The minimum atomic E-state index is -0.591. The number of nitrogens with zero attached hydrogens (tertiary/aromatic N) is 1. The van der Waals surface area contributed by atoms with Gasteiger partial charge in [0.25, 0.3) is 0 Å². The zero-order chi connectivity index (χ0) is 15.7. The normalized spacial score (nSPS) is 25.1. The van der Waals surface area contributed by atoms with Gasteiger partial charge in [0.15, 0.2) is 0 Å². The Balaban J connectivity index is 1.61. The number of methoxy groups -OCH3 is 2. The van der Waals surface area contributed by atoms with Crippen molar-refractivity contribution in [3.8, 4) is 5.75 Å². The van der Waals surface area contributed by atoms with Gasteiger partial charge in [-0.05, 0) is 48.3 Å². The van der Waals surface area contributed by atoms with E-state index in [9.17, 15) is 5.11 Å². The number of nitrogens with two attached hydrogens (primary N) is 1. The first kappa shape index (κ1) is 15.6. The van der Waals surface area contributed by atoms with Crippen LogP contribution in [-0.2, 0) is 4.74 Å². The molecule has 122 valence electrons. The number of likely N-dealkylation sites (tertiary alicyclic amines) is 1. The summed E-state index contributed by atoms with van der Waals surface area (Å²) in [4.78, 5) is 2.14. The predicted octanol–water partition coefficient (Wildman–Crippen LogP) is 2.02. The van der Waals surface area contributed by atoms with Crippen LogP contribution in [0.5, 0.6) is 5.75 Å². The Kier molecular flexibility index (Phi) is 4.30. The lowest BCUT2D eigenvalue weighted by Gasteiger charge is -2.36. The van der Waals surface area contributed by atoms with Gasteiger partial charge in [-0.1, -0.05) is 6.07 Å². The number of aliphatic hydroxyl groups excluding tert-OH is 1. The molecule has 5 nitrogen and oxygen atoms in total. The van der Waals surface area contributed by atoms with Crippen LogP contribution >= 0.6 is 0 Å². The molecule has 5 heteroatoms. The Labute approximate surface area is 132 Å². The van der Waals surface area contributed by atoms with Gasteiger partial charge in [0.05, 0.1) is 12.8 Å². The highest BCUT2D eigenvalue weighted by atomic mass is 16.5. The Morgan fingerprint density at radius 1 is 1.36 bits per heavy atom. The number of piperidine rings is 1. The maximum absolute atomic E-state index is 10.6. The molecule has 1 heterocycles. The van der Waals surface area contributed by atoms with E-state index in [1.54, 1.807) is 20.3 Å². The first-order chi connectivity index (χ1) is 10.6. The maximum atomic E-state index is 10.6. The highest BCUT2D eigenvalue weighted by Crippen LogP contribution is 2.59. The van der Waals surface area contributed by atoms with E-state index in [1.807, 2.05) is 12.1 Å². The van der Waals surface area contributed by atoms with Crippen molar-refractivity contribution in [2.45, 2.75) is 25.5 Å². The van der Waals surface area contributed by atoms with Gasteiger partial charge in [-0.25, -0.2) is 0 Å². The number of hydrogen-bond acceptors (Lipinski definition) is 5. The lowest BCUT2D eigenvalue weighted by atomic mass is 9.90. The third-order valence-electron chi connectivity index (χ3n) is 5.42. The Hall–Kier alpha value is -1.30. The third-order valence-corrected chi connectivity index (χ3v) is 5.42. The van der Waals surface area contributed by atoms with Crippen LogP contribution in [0.2, 0.25) is 0 Å². The summed E-state index contributed by atoms with van der Waals surface area (Å²) in [6.45, 7) is 2.72. The number of benzene rings is 1. The van der Waals surface area contributed by atoms with E-state index >= 15 is 0 Å². The summed E-state index contributed by atoms with van der Waals surface area (Å²) in [5.74, 6) is 1.33. The van der Waals surface area contributed by atoms with Gasteiger partial charge in [0, 0.05) is 26.8 Å². The summed E-state index contributed by atoms with van der Waals surface area (Å²) >= 11 is 0. The molecule has 1 aliphatic heterocycles. The van der Waals surface area contributed by atoms with Crippen molar-refractivity contribution in [3.63, 3.8) is 0 Å². The number of anilines is 1. The molecule has 0 amide bonds. The SMILES string of the molecule is COCC1CC12CCN(C(O)c1ccc(N)c(OC)c1)CC2.